The van der Waals surface area contributed by atoms with E-state index in [9.17, 15) is 22.8 Å². The molecule has 10 heteroatoms. The lowest BCUT2D eigenvalue weighted by Crippen LogP contribution is -2.34. The molecule has 0 aliphatic heterocycles. The number of hydrogen-bond acceptors (Lipinski definition) is 7. The Balaban J connectivity index is 1.59. The Morgan fingerprint density at radius 1 is 1.00 bits per heavy atom. The highest BCUT2D eigenvalue weighted by atomic mass is 32.2. The molecule has 0 fully saturated rings. The van der Waals surface area contributed by atoms with Crippen LogP contribution < -0.4 is 9.62 Å². The van der Waals surface area contributed by atoms with Crippen LogP contribution in [0.4, 0.5) is 5.69 Å². The Labute approximate surface area is 184 Å². The van der Waals surface area contributed by atoms with Gasteiger partial charge in [0.2, 0.25) is 0 Å². The van der Waals surface area contributed by atoms with Crippen LogP contribution in [-0.2, 0) is 19.6 Å². The molecular weight excluding hydrogens is 436 g/mol. The van der Waals surface area contributed by atoms with E-state index in [4.69, 9.17) is 9.15 Å². The molecular formula is C22H20N2O7S. The third-order valence-electron chi connectivity index (χ3n) is 4.48. The number of amides is 2. The zero-order valence-corrected chi connectivity index (χ0v) is 18.1. The fourth-order valence-corrected chi connectivity index (χ4v) is 3.86. The van der Waals surface area contributed by atoms with Crippen LogP contribution in [0.15, 0.2) is 76.2 Å². The summed E-state index contributed by atoms with van der Waals surface area (Å²) in [5, 5.41) is 2.03. The highest BCUT2D eigenvalue weighted by Gasteiger charge is 2.21. The predicted molar refractivity (Wildman–Crippen MR) is 115 cm³/mol. The third kappa shape index (κ3) is 5.22. The smallest absolute Gasteiger partial charge is 0.338 e. The van der Waals surface area contributed by atoms with E-state index in [2.05, 4.69) is 0 Å². The SMILES string of the molecule is Cc1ccc(S(=O)(=O)N(C)c2ccc(C(=O)OCC(=O)NC(=O)c3ccco3)cc2)cc1. The lowest BCUT2D eigenvalue weighted by Gasteiger charge is -2.19. The number of esters is 1. The van der Waals surface area contributed by atoms with E-state index < -0.39 is 34.4 Å². The van der Waals surface area contributed by atoms with Crippen LogP contribution in [0.25, 0.3) is 0 Å². The number of rotatable bonds is 7. The highest BCUT2D eigenvalue weighted by Crippen LogP contribution is 2.23. The van der Waals surface area contributed by atoms with Crippen molar-refractivity contribution in [3.8, 4) is 0 Å². The fraction of sp³-hybridized carbons (Fsp3) is 0.136. The number of carbonyl (C=O) groups excluding carboxylic acids is 3. The number of aryl methyl sites for hydroxylation is 1. The van der Waals surface area contributed by atoms with Crippen molar-refractivity contribution in [3.63, 3.8) is 0 Å². The van der Waals surface area contributed by atoms with Gasteiger partial charge in [-0.1, -0.05) is 17.7 Å². The van der Waals surface area contributed by atoms with Crippen LogP contribution in [0, 0.1) is 6.92 Å². The first-order chi connectivity index (χ1) is 15.2. The van der Waals surface area contributed by atoms with Gasteiger partial charge in [-0.3, -0.25) is 19.2 Å². The van der Waals surface area contributed by atoms with Crippen molar-refractivity contribution in [2.45, 2.75) is 11.8 Å². The maximum absolute atomic E-state index is 12.8. The summed E-state index contributed by atoms with van der Waals surface area (Å²) in [6.07, 6.45) is 1.28. The van der Waals surface area contributed by atoms with E-state index in [0.717, 1.165) is 9.87 Å². The molecule has 32 heavy (non-hydrogen) atoms. The summed E-state index contributed by atoms with van der Waals surface area (Å²) in [5.41, 5.74) is 1.39. The summed E-state index contributed by atoms with van der Waals surface area (Å²) >= 11 is 0. The lowest BCUT2D eigenvalue weighted by molar-refractivity contribution is -0.123. The Morgan fingerprint density at radius 2 is 1.66 bits per heavy atom. The number of ether oxygens (including phenoxy) is 1. The van der Waals surface area contributed by atoms with Crippen LogP contribution in [0.5, 0.6) is 0 Å². The summed E-state index contributed by atoms with van der Waals surface area (Å²) in [6, 6.07) is 15.0. The molecule has 0 radical (unpaired) electrons. The van der Waals surface area contributed by atoms with Gasteiger partial charge in [0.15, 0.2) is 12.4 Å². The van der Waals surface area contributed by atoms with Crippen LogP contribution in [-0.4, -0.2) is 39.9 Å². The summed E-state index contributed by atoms with van der Waals surface area (Å²) in [7, 11) is -2.36. The second kappa shape index (κ2) is 9.48. The topological polar surface area (TPSA) is 123 Å². The van der Waals surface area contributed by atoms with E-state index >= 15 is 0 Å². The number of benzene rings is 2. The quantitative estimate of drug-likeness (QED) is 0.542. The Morgan fingerprint density at radius 3 is 2.25 bits per heavy atom. The first-order valence-corrected chi connectivity index (χ1v) is 10.8. The molecule has 0 unspecified atom stereocenters. The molecule has 2 aromatic carbocycles. The standard InChI is InChI=1S/C22H20N2O7S/c1-15-5-11-18(12-6-15)32(28,29)24(2)17-9-7-16(8-10-17)22(27)31-14-20(25)23-21(26)19-4-3-13-30-19/h3-13H,14H2,1-2H3,(H,23,25,26). The van der Waals surface area contributed by atoms with Crippen LogP contribution in [0.3, 0.4) is 0 Å². The number of hydrogen-bond donors (Lipinski definition) is 1. The molecule has 0 aliphatic carbocycles. The molecule has 166 valence electrons. The van der Waals surface area contributed by atoms with Crippen LogP contribution in [0.2, 0.25) is 0 Å². The van der Waals surface area contributed by atoms with Crippen molar-refractivity contribution in [2.24, 2.45) is 0 Å². The van der Waals surface area contributed by atoms with Gasteiger partial charge in [0.05, 0.1) is 22.4 Å². The number of furan rings is 1. The molecule has 0 saturated carbocycles. The van der Waals surface area contributed by atoms with Crippen molar-refractivity contribution in [3.05, 3.63) is 83.8 Å². The number of nitrogens with zero attached hydrogens (tertiary/aromatic N) is 1. The summed E-state index contributed by atoms with van der Waals surface area (Å²) in [4.78, 5) is 35.8. The van der Waals surface area contributed by atoms with E-state index in [0.29, 0.717) is 5.69 Å². The van der Waals surface area contributed by atoms with Crippen LogP contribution in [0.1, 0.15) is 26.5 Å². The zero-order chi connectivity index (χ0) is 23.3. The zero-order valence-electron chi connectivity index (χ0n) is 17.3. The van der Waals surface area contributed by atoms with E-state index in [1.165, 1.54) is 61.8 Å². The van der Waals surface area contributed by atoms with Gasteiger partial charge in [0, 0.05) is 7.05 Å². The van der Waals surface area contributed by atoms with Crippen LogP contribution >= 0.6 is 0 Å². The Kier molecular flexibility index (Phi) is 6.74. The minimum absolute atomic E-state index is 0.0509. The molecule has 3 rings (SSSR count). The minimum Gasteiger partial charge on any atom is -0.459 e. The van der Waals surface area contributed by atoms with Gasteiger partial charge in [-0.15, -0.1) is 0 Å². The van der Waals surface area contributed by atoms with Crippen molar-refractivity contribution < 1.29 is 32.0 Å². The molecule has 2 amide bonds. The Hall–Kier alpha value is -3.92. The van der Waals surface area contributed by atoms with Gasteiger partial charge < -0.3 is 9.15 Å². The van der Waals surface area contributed by atoms with Crippen molar-refractivity contribution in [2.75, 3.05) is 18.0 Å². The molecule has 1 N–H and O–H groups in total. The molecule has 0 saturated heterocycles. The van der Waals surface area contributed by atoms with Gasteiger partial charge >= 0.3 is 5.97 Å². The van der Waals surface area contributed by atoms with Gasteiger partial charge in [-0.05, 0) is 55.5 Å². The number of carbonyl (C=O) groups is 3. The fourth-order valence-electron chi connectivity index (χ4n) is 2.66. The number of sulfonamides is 1. The molecule has 9 nitrogen and oxygen atoms in total. The van der Waals surface area contributed by atoms with Crippen molar-refractivity contribution in [1.82, 2.24) is 5.32 Å². The van der Waals surface area contributed by atoms with E-state index in [1.807, 2.05) is 12.2 Å². The molecule has 0 spiro atoms. The van der Waals surface area contributed by atoms with Gasteiger partial charge in [0.25, 0.3) is 21.8 Å². The maximum atomic E-state index is 12.8. The first-order valence-electron chi connectivity index (χ1n) is 9.39. The number of nitrogens with one attached hydrogen (secondary N) is 1. The number of imide groups is 1. The third-order valence-corrected chi connectivity index (χ3v) is 6.28. The molecule has 0 bridgehead atoms. The average Bonchev–Trinajstić information content (AvgIpc) is 3.32. The summed E-state index contributed by atoms with van der Waals surface area (Å²) in [5.74, 6) is -2.43. The average molecular weight is 456 g/mol. The second-order valence-corrected chi connectivity index (χ2v) is 8.73. The first kappa shape index (κ1) is 22.8. The lowest BCUT2D eigenvalue weighted by atomic mass is 10.2. The summed E-state index contributed by atoms with van der Waals surface area (Å²) in [6.45, 7) is 1.19. The summed E-state index contributed by atoms with van der Waals surface area (Å²) < 4.78 is 36.4. The van der Waals surface area contributed by atoms with E-state index in [1.54, 1.807) is 12.1 Å². The van der Waals surface area contributed by atoms with Gasteiger partial charge in [0.1, 0.15) is 0 Å². The normalized spacial score (nSPS) is 10.9. The molecule has 3 aromatic rings. The number of anilines is 1. The predicted octanol–water partition coefficient (Wildman–Crippen LogP) is 2.53. The second-order valence-electron chi connectivity index (χ2n) is 6.76. The van der Waals surface area contributed by atoms with Crippen molar-refractivity contribution >= 4 is 33.5 Å². The molecule has 1 heterocycles. The van der Waals surface area contributed by atoms with E-state index in [-0.39, 0.29) is 16.2 Å². The largest absolute Gasteiger partial charge is 0.459 e. The van der Waals surface area contributed by atoms with Crippen molar-refractivity contribution in [1.29, 1.82) is 0 Å². The maximum Gasteiger partial charge on any atom is 0.338 e. The van der Waals surface area contributed by atoms with Gasteiger partial charge in [-0.2, -0.15) is 0 Å². The van der Waals surface area contributed by atoms with Gasteiger partial charge in [-0.25, -0.2) is 13.2 Å². The molecule has 0 aliphatic rings. The minimum atomic E-state index is -3.77. The monoisotopic (exact) mass is 456 g/mol. The molecule has 1 aromatic heterocycles. The Bertz CT molecular complexity index is 1220. The molecule has 0 atom stereocenters. The highest BCUT2D eigenvalue weighted by molar-refractivity contribution is 7.92.